The number of primary amides is 1. The molecule has 2 aliphatic rings. The molecule has 14 nitrogen and oxygen atoms in total. The quantitative estimate of drug-likeness (QED) is 0.0955. The molecule has 6 atom stereocenters. The van der Waals surface area contributed by atoms with Crippen LogP contribution in [0.15, 0.2) is 66.7 Å². The molecule has 5 N–H and O–H groups in total. The highest BCUT2D eigenvalue weighted by molar-refractivity contribution is 5.99. The lowest BCUT2D eigenvalue weighted by molar-refractivity contribution is -0.160. The lowest BCUT2D eigenvalue weighted by atomic mass is 9.70. The first kappa shape index (κ1) is 45.2. The van der Waals surface area contributed by atoms with Crippen LogP contribution in [0.5, 0.6) is 0 Å². The highest BCUT2D eigenvalue weighted by Gasteiger charge is 2.45. The summed E-state index contributed by atoms with van der Waals surface area (Å²) in [4.78, 5) is 74.6. The van der Waals surface area contributed by atoms with Crippen molar-refractivity contribution in [3.8, 4) is 0 Å². The minimum absolute atomic E-state index is 0.0596. The predicted octanol–water partition coefficient (Wildman–Crippen LogP) is 4.09. The van der Waals surface area contributed by atoms with E-state index in [0.29, 0.717) is 31.2 Å². The average molecular weight is 815 g/mol. The van der Waals surface area contributed by atoms with Crippen LogP contribution in [-0.2, 0) is 39.8 Å². The Morgan fingerprint density at radius 3 is 2.36 bits per heavy atom. The van der Waals surface area contributed by atoms with Crippen LogP contribution in [-0.4, -0.2) is 109 Å². The number of hydrogen-bond donors (Lipinski definition) is 4. The Balaban J connectivity index is 1.45. The van der Waals surface area contributed by atoms with Crippen LogP contribution in [0.1, 0.15) is 88.7 Å². The van der Waals surface area contributed by atoms with Gasteiger partial charge in [-0.2, -0.15) is 0 Å². The summed E-state index contributed by atoms with van der Waals surface area (Å²) >= 11 is 0. The number of likely N-dealkylation sites (tertiary alicyclic amines) is 1. The number of amides is 4. The molecule has 2 aromatic carbocycles. The molecule has 320 valence electrons. The molecular weight excluding hydrogens is 753 g/mol. The molecule has 6 unspecified atom stereocenters. The number of fused-ring (bicyclic) bond motifs is 2. The van der Waals surface area contributed by atoms with Crippen molar-refractivity contribution in [3.63, 3.8) is 0 Å². The van der Waals surface area contributed by atoms with Crippen LogP contribution in [0.25, 0.3) is 10.9 Å². The van der Waals surface area contributed by atoms with Crippen molar-refractivity contribution in [2.24, 2.45) is 17.6 Å². The van der Waals surface area contributed by atoms with E-state index in [2.05, 4.69) is 25.8 Å². The number of rotatable bonds is 20. The highest BCUT2D eigenvalue weighted by atomic mass is 16.6. The van der Waals surface area contributed by atoms with E-state index in [-0.39, 0.29) is 43.7 Å². The lowest BCUT2D eigenvalue weighted by Crippen LogP contribution is -2.63. The van der Waals surface area contributed by atoms with Crippen LogP contribution >= 0.6 is 0 Å². The number of esters is 1. The number of nitrogens with two attached hydrogens (primary N) is 1. The Morgan fingerprint density at radius 1 is 0.881 bits per heavy atom. The monoisotopic (exact) mass is 814 g/mol. The first-order valence-corrected chi connectivity index (χ1v) is 21.0. The fraction of sp³-hybridized carbons (Fsp3) is 0.556. The van der Waals surface area contributed by atoms with Gasteiger partial charge in [-0.15, -0.1) is 0 Å². The van der Waals surface area contributed by atoms with Crippen molar-refractivity contribution >= 4 is 40.5 Å². The summed E-state index contributed by atoms with van der Waals surface area (Å²) in [5.74, 6) is -2.38. The summed E-state index contributed by atoms with van der Waals surface area (Å²) in [5, 5.41) is 9.75. The lowest BCUT2D eigenvalue weighted by Gasteiger charge is -2.48. The maximum atomic E-state index is 14.3. The first-order chi connectivity index (χ1) is 28.3. The van der Waals surface area contributed by atoms with Gasteiger partial charge in [-0.3, -0.25) is 24.1 Å². The maximum Gasteiger partial charge on any atom is 0.332 e. The molecule has 1 aromatic heterocycles. The van der Waals surface area contributed by atoms with Crippen LogP contribution in [0.4, 0.5) is 0 Å². The molecule has 1 saturated heterocycles. The Morgan fingerprint density at radius 2 is 1.61 bits per heavy atom. The largest absolute Gasteiger partial charge is 0.457 e. The summed E-state index contributed by atoms with van der Waals surface area (Å²) < 4.78 is 17.4. The summed E-state index contributed by atoms with van der Waals surface area (Å²) in [6.45, 7) is 9.32. The van der Waals surface area contributed by atoms with Gasteiger partial charge < -0.3 is 35.9 Å². The van der Waals surface area contributed by atoms with E-state index >= 15 is 0 Å². The molecule has 0 spiro atoms. The van der Waals surface area contributed by atoms with E-state index in [9.17, 15) is 24.0 Å². The number of piperidine rings is 1. The van der Waals surface area contributed by atoms with Crippen molar-refractivity contribution in [2.45, 2.75) is 109 Å². The van der Waals surface area contributed by atoms with E-state index in [1.165, 1.54) is 0 Å². The van der Waals surface area contributed by atoms with Gasteiger partial charge in [0.1, 0.15) is 24.4 Å². The van der Waals surface area contributed by atoms with Crippen molar-refractivity contribution in [1.29, 1.82) is 0 Å². The zero-order valence-electron chi connectivity index (χ0n) is 35.0. The number of nitrogens with zero attached hydrogens (tertiary/aromatic N) is 2. The van der Waals surface area contributed by atoms with E-state index < -0.39 is 59.9 Å². The van der Waals surface area contributed by atoms with E-state index in [1.807, 2.05) is 70.2 Å². The number of para-hydroxylation sites is 1. The van der Waals surface area contributed by atoms with E-state index in [1.54, 1.807) is 24.3 Å². The third-order valence-electron chi connectivity index (χ3n) is 10.9. The molecule has 5 rings (SSSR count). The number of aromatic nitrogens is 1. The van der Waals surface area contributed by atoms with E-state index in [0.717, 1.165) is 49.5 Å². The zero-order chi connectivity index (χ0) is 42.4. The average Bonchev–Trinajstić information content (AvgIpc) is 3.20. The number of nitrogens with one attached hydrogen (secondary N) is 3. The van der Waals surface area contributed by atoms with Crippen molar-refractivity contribution < 1.29 is 38.2 Å². The first-order valence-electron chi connectivity index (χ1n) is 21.0. The minimum Gasteiger partial charge on any atom is -0.457 e. The summed E-state index contributed by atoms with van der Waals surface area (Å²) in [7, 11) is 0. The van der Waals surface area contributed by atoms with Gasteiger partial charge >= 0.3 is 5.97 Å². The SMILES string of the molecule is CCCOCCOCC(=O)OC(CN1CCC2CCCCC2C1C(=O)NC(C)(C)C)C(Cc1ccccc1)NC(=O)C(CC(N)=O)NC(=O)c1ccc2ccccc2n1. The zero-order valence-corrected chi connectivity index (χ0v) is 35.0. The Bertz CT molecular complexity index is 1870. The van der Waals surface area contributed by atoms with Crippen molar-refractivity contribution in [2.75, 3.05) is 39.5 Å². The molecule has 14 heteroatoms. The second kappa shape index (κ2) is 21.9. The van der Waals surface area contributed by atoms with Gasteiger partial charge in [-0.1, -0.05) is 80.8 Å². The molecule has 0 radical (unpaired) electrons. The number of carbonyl (C=O) groups excluding carboxylic acids is 5. The van der Waals surface area contributed by atoms with E-state index in [4.69, 9.17) is 19.9 Å². The molecule has 2 heterocycles. The van der Waals surface area contributed by atoms with Gasteiger partial charge in [0.2, 0.25) is 17.7 Å². The predicted molar refractivity (Wildman–Crippen MR) is 224 cm³/mol. The summed E-state index contributed by atoms with van der Waals surface area (Å²) in [6, 6.07) is 17.3. The molecule has 0 bridgehead atoms. The highest BCUT2D eigenvalue weighted by Crippen LogP contribution is 2.40. The van der Waals surface area contributed by atoms with Crippen LogP contribution in [0.2, 0.25) is 0 Å². The summed E-state index contributed by atoms with van der Waals surface area (Å²) in [5.41, 5.74) is 6.65. The minimum atomic E-state index is -1.38. The Kier molecular flexibility index (Phi) is 16.8. The van der Waals surface area contributed by atoms with Crippen molar-refractivity contribution in [1.82, 2.24) is 25.8 Å². The topological polar surface area (TPSA) is 191 Å². The fourth-order valence-electron chi connectivity index (χ4n) is 8.22. The van der Waals surface area contributed by atoms with Crippen LogP contribution in [0.3, 0.4) is 0 Å². The third-order valence-corrected chi connectivity index (χ3v) is 10.9. The summed E-state index contributed by atoms with van der Waals surface area (Å²) in [6.07, 6.45) is 4.61. The van der Waals surface area contributed by atoms with Crippen LogP contribution in [0, 0.1) is 11.8 Å². The number of ether oxygens (including phenoxy) is 3. The van der Waals surface area contributed by atoms with Gasteiger partial charge in [0, 0.05) is 24.1 Å². The number of carbonyl (C=O) groups is 5. The molecule has 1 aliphatic heterocycles. The molecule has 1 saturated carbocycles. The van der Waals surface area contributed by atoms with Crippen LogP contribution < -0.4 is 21.7 Å². The Hall–Kier alpha value is -4.92. The second-order valence-corrected chi connectivity index (χ2v) is 16.8. The number of hydrogen-bond acceptors (Lipinski definition) is 10. The normalized spacial score (nSPS) is 19.8. The molecule has 59 heavy (non-hydrogen) atoms. The standard InChI is InChI=1S/C45H62N6O8/c1-5-23-57-24-25-58-29-40(53)59-38(28-51-22-21-31-15-9-11-17-33(31)41(51)44(56)50-45(2,3)4)36(26-30-13-7-6-8-14-30)48-43(55)37(27-39(46)52)49-42(54)35-20-19-32-16-10-12-18-34(32)47-35/h6-8,10,12-14,16,18-20,31,33,36-38,41H,5,9,11,15,17,21-29H2,1-4H3,(H2,46,52)(H,48,55)(H,49,54)(H,50,56). The van der Waals surface area contributed by atoms with Gasteiger partial charge in [0.15, 0.2) is 0 Å². The smallest absolute Gasteiger partial charge is 0.332 e. The fourth-order valence-corrected chi connectivity index (χ4v) is 8.22. The molecule has 1 aliphatic carbocycles. The third kappa shape index (κ3) is 13.8. The van der Waals surface area contributed by atoms with Crippen molar-refractivity contribution in [3.05, 3.63) is 78.0 Å². The number of pyridine rings is 1. The van der Waals surface area contributed by atoms with Gasteiger partial charge in [-0.25, -0.2) is 9.78 Å². The Labute approximate surface area is 347 Å². The molecular formula is C45H62N6O8. The molecule has 3 aromatic rings. The van der Waals surface area contributed by atoms with Gasteiger partial charge in [0.05, 0.1) is 37.2 Å². The van der Waals surface area contributed by atoms with Gasteiger partial charge in [-0.05, 0) is 82.5 Å². The number of benzene rings is 2. The second-order valence-electron chi connectivity index (χ2n) is 16.8. The molecule has 4 amide bonds. The van der Waals surface area contributed by atoms with Gasteiger partial charge in [0.25, 0.3) is 5.91 Å². The molecule has 2 fully saturated rings. The maximum absolute atomic E-state index is 14.3.